The number of methoxy groups -OCH3 is 1. The predicted molar refractivity (Wildman–Crippen MR) is 104 cm³/mol. The molecule has 0 saturated heterocycles. The van der Waals surface area contributed by atoms with Gasteiger partial charge in [0.05, 0.1) is 19.2 Å². The molecule has 1 aromatic carbocycles. The standard InChI is InChI=1S/C17H20N4O2.HI/c1-23-16(22)14-6-4-5-13(11-14)12-21-17(18)20-10-8-15-7-2-3-9-19-15;/h2-7,9,11H,8,10,12H2,1H3,(H3,18,20,21);1H. The second-order valence-electron chi connectivity index (χ2n) is 4.89. The number of aromatic nitrogens is 1. The number of rotatable bonds is 6. The van der Waals surface area contributed by atoms with Crippen molar-refractivity contribution >= 4 is 35.9 Å². The Hall–Kier alpha value is -2.16. The number of ether oxygens (including phenoxy) is 1. The molecule has 2 aromatic rings. The largest absolute Gasteiger partial charge is 0.465 e. The SMILES string of the molecule is COC(=O)c1cccc(CN=C(N)NCCc2ccccn2)c1.I. The number of hydrogen-bond acceptors (Lipinski definition) is 4. The lowest BCUT2D eigenvalue weighted by molar-refractivity contribution is 0.0600. The number of hydrogen-bond donors (Lipinski definition) is 2. The van der Waals surface area contributed by atoms with Gasteiger partial charge in [-0.2, -0.15) is 0 Å². The maximum Gasteiger partial charge on any atom is 0.337 e. The van der Waals surface area contributed by atoms with Crippen molar-refractivity contribution in [2.24, 2.45) is 10.7 Å². The van der Waals surface area contributed by atoms with Crippen LogP contribution in [0.15, 0.2) is 53.7 Å². The van der Waals surface area contributed by atoms with Gasteiger partial charge < -0.3 is 15.8 Å². The smallest absolute Gasteiger partial charge is 0.337 e. The lowest BCUT2D eigenvalue weighted by atomic mass is 10.1. The first-order valence-electron chi connectivity index (χ1n) is 7.30. The summed E-state index contributed by atoms with van der Waals surface area (Å²) >= 11 is 0. The summed E-state index contributed by atoms with van der Waals surface area (Å²) in [7, 11) is 1.36. The summed E-state index contributed by atoms with van der Waals surface area (Å²) in [6, 6.07) is 12.9. The van der Waals surface area contributed by atoms with Crippen LogP contribution in [0.4, 0.5) is 0 Å². The molecule has 0 aliphatic heterocycles. The Morgan fingerprint density at radius 2 is 2.12 bits per heavy atom. The van der Waals surface area contributed by atoms with Crippen LogP contribution in [0.5, 0.6) is 0 Å². The van der Waals surface area contributed by atoms with Gasteiger partial charge in [0.15, 0.2) is 5.96 Å². The van der Waals surface area contributed by atoms with Crippen LogP contribution in [0.2, 0.25) is 0 Å². The van der Waals surface area contributed by atoms with Crippen molar-refractivity contribution in [2.75, 3.05) is 13.7 Å². The molecule has 0 amide bonds. The van der Waals surface area contributed by atoms with E-state index in [9.17, 15) is 4.79 Å². The fourth-order valence-corrected chi connectivity index (χ4v) is 2.01. The van der Waals surface area contributed by atoms with Gasteiger partial charge in [0.2, 0.25) is 0 Å². The number of carbonyl (C=O) groups is 1. The molecule has 1 aromatic heterocycles. The first-order chi connectivity index (χ1) is 11.2. The number of aliphatic imine (C=N–C) groups is 1. The summed E-state index contributed by atoms with van der Waals surface area (Å²) in [5, 5.41) is 3.05. The number of pyridine rings is 1. The summed E-state index contributed by atoms with van der Waals surface area (Å²) in [5.74, 6) is 0.00156. The topological polar surface area (TPSA) is 89.6 Å². The zero-order valence-corrected chi connectivity index (χ0v) is 15.8. The van der Waals surface area contributed by atoms with Gasteiger partial charge in [-0.3, -0.25) is 4.98 Å². The van der Waals surface area contributed by atoms with Crippen LogP contribution in [-0.2, 0) is 17.7 Å². The number of nitrogens with two attached hydrogens (primary N) is 1. The van der Waals surface area contributed by atoms with E-state index in [-0.39, 0.29) is 29.9 Å². The van der Waals surface area contributed by atoms with E-state index in [0.29, 0.717) is 24.6 Å². The number of nitrogens with one attached hydrogen (secondary N) is 1. The summed E-state index contributed by atoms with van der Waals surface area (Å²) in [6.45, 7) is 1.06. The molecular weight excluding hydrogens is 419 g/mol. The van der Waals surface area contributed by atoms with Crippen molar-refractivity contribution in [1.82, 2.24) is 10.3 Å². The lowest BCUT2D eigenvalue weighted by Gasteiger charge is -2.06. The van der Waals surface area contributed by atoms with Gasteiger partial charge in [0, 0.05) is 24.9 Å². The van der Waals surface area contributed by atoms with Gasteiger partial charge in [-0.25, -0.2) is 9.79 Å². The quantitative estimate of drug-likeness (QED) is 0.311. The van der Waals surface area contributed by atoms with Crippen molar-refractivity contribution in [3.05, 3.63) is 65.5 Å². The minimum absolute atomic E-state index is 0. The molecule has 3 N–H and O–H groups in total. The zero-order valence-electron chi connectivity index (χ0n) is 13.4. The number of carbonyl (C=O) groups excluding carboxylic acids is 1. The molecule has 0 spiro atoms. The molecular formula is C17H21IN4O2. The van der Waals surface area contributed by atoms with Crippen LogP contribution in [0, 0.1) is 0 Å². The van der Waals surface area contributed by atoms with E-state index in [2.05, 4.69) is 15.3 Å². The molecule has 24 heavy (non-hydrogen) atoms. The summed E-state index contributed by atoms with van der Waals surface area (Å²) in [6.07, 6.45) is 2.54. The van der Waals surface area contributed by atoms with Crippen LogP contribution >= 0.6 is 24.0 Å². The van der Waals surface area contributed by atoms with Gasteiger partial charge in [0.1, 0.15) is 0 Å². The fraction of sp³-hybridized carbons (Fsp3) is 0.235. The Morgan fingerprint density at radius 3 is 2.83 bits per heavy atom. The van der Waals surface area contributed by atoms with Gasteiger partial charge in [0.25, 0.3) is 0 Å². The van der Waals surface area contributed by atoms with E-state index in [1.54, 1.807) is 24.4 Å². The normalized spacial score (nSPS) is 10.6. The van der Waals surface area contributed by atoms with E-state index in [4.69, 9.17) is 10.5 Å². The second kappa shape index (κ2) is 10.6. The first kappa shape index (κ1) is 19.9. The van der Waals surface area contributed by atoms with Crippen molar-refractivity contribution < 1.29 is 9.53 Å². The predicted octanol–water partition coefficient (Wildman–Crippen LogP) is 2.13. The van der Waals surface area contributed by atoms with E-state index in [0.717, 1.165) is 17.7 Å². The second-order valence-corrected chi connectivity index (χ2v) is 4.89. The molecule has 0 saturated carbocycles. The van der Waals surface area contributed by atoms with Crippen molar-refractivity contribution in [3.63, 3.8) is 0 Å². The van der Waals surface area contributed by atoms with Gasteiger partial charge in [-0.15, -0.1) is 24.0 Å². The molecule has 2 rings (SSSR count). The highest BCUT2D eigenvalue weighted by atomic mass is 127. The Morgan fingerprint density at radius 1 is 1.29 bits per heavy atom. The van der Waals surface area contributed by atoms with Crippen LogP contribution < -0.4 is 11.1 Å². The van der Waals surface area contributed by atoms with Crippen molar-refractivity contribution in [2.45, 2.75) is 13.0 Å². The highest BCUT2D eigenvalue weighted by Gasteiger charge is 2.05. The summed E-state index contributed by atoms with van der Waals surface area (Å²) < 4.78 is 4.69. The van der Waals surface area contributed by atoms with Crippen molar-refractivity contribution in [3.8, 4) is 0 Å². The monoisotopic (exact) mass is 440 g/mol. The zero-order chi connectivity index (χ0) is 16.5. The Labute approximate surface area is 158 Å². The third kappa shape index (κ3) is 6.53. The average Bonchev–Trinajstić information content (AvgIpc) is 2.60. The van der Waals surface area contributed by atoms with Crippen LogP contribution in [-0.4, -0.2) is 30.6 Å². The third-order valence-corrected chi connectivity index (χ3v) is 3.19. The molecule has 1 heterocycles. The highest BCUT2D eigenvalue weighted by Crippen LogP contribution is 2.07. The molecule has 128 valence electrons. The molecule has 0 fully saturated rings. The van der Waals surface area contributed by atoms with E-state index in [1.807, 2.05) is 24.3 Å². The molecule has 0 aliphatic rings. The van der Waals surface area contributed by atoms with Gasteiger partial charge >= 0.3 is 5.97 Å². The average molecular weight is 440 g/mol. The van der Waals surface area contributed by atoms with Crippen LogP contribution in [0.3, 0.4) is 0 Å². The summed E-state index contributed by atoms with van der Waals surface area (Å²) in [5.41, 5.74) is 8.23. The minimum atomic E-state index is -0.364. The molecule has 0 atom stereocenters. The fourth-order valence-electron chi connectivity index (χ4n) is 2.01. The Bertz CT molecular complexity index is 677. The highest BCUT2D eigenvalue weighted by molar-refractivity contribution is 14.0. The molecule has 0 bridgehead atoms. The van der Waals surface area contributed by atoms with Crippen LogP contribution in [0.25, 0.3) is 0 Å². The number of guanidine groups is 1. The minimum Gasteiger partial charge on any atom is -0.465 e. The number of halogens is 1. The first-order valence-corrected chi connectivity index (χ1v) is 7.30. The van der Waals surface area contributed by atoms with Crippen molar-refractivity contribution in [1.29, 1.82) is 0 Å². The maximum atomic E-state index is 11.5. The molecule has 0 radical (unpaired) electrons. The third-order valence-electron chi connectivity index (χ3n) is 3.19. The Kier molecular flexibility index (Phi) is 8.77. The van der Waals surface area contributed by atoms with Gasteiger partial charge in [-0.05, 0) is 29.8 Å². The molecule has 7 heteroatoms. The Balaban J connectivity index is 0.00000288. The van der Waals surface area contributed by atoms with Crippen LogP contribution in [0.1, 0.15) is 21.6 Å². The lowest BCUT2D eigenvalue weighted by Crippen LogP contribution is -2.33. The maximum absolute atomic E-state index is 11.5. The number of nitrogens with zero attached hydrogens (tertiary/aromatic N) is 2. The number of esters is 1. The summed E-state index contributed by atoms with van der Waals surface area (Å²) in [4.78, 5) is 20.0. The van der Waals surface area contributed by atoms with E-state index < -0.39 is 0 Å². The molecule has 6 nitrogen and oxygen atoms in total. The van der Waals surface area contributed by atoms with E-state index >= 15 is 0 Å². The molecule has 0 aliphatic carbocycles. The van der Waals surface area contributed by atoms with Gasteiger partial charge in [-0.1, -0.05) is 18.2 Å². The number of benzene rings is 1. The molecule has 0 unspecified atom stereocenters. The van der Waals surface area contributed by atoms with E-state index in [1.165, 1.54) is 7.11 Å².